The van der Waals surface area contributed by atoms with Crippen molar-refractivity contribution in [3.63, 3.8) is 0 Å². The fourth-order valence-electron chi connectivity index (χ4n) is 3.62. The molecule has 4 heterocycles. The van der Waals surface area contributed by atoms with E-state index in [1.54, 1.807) is 12.5 Å². The van der Waals surface area contributed by atoms with Crippen molar-refractivity contribution in [3.8, 4) is 0 Å². The van der Waals surface area contributed by atoms with Gasteiger partial charge in [-0.1, -0.05) is 6.07 Å². The Morgan fingerprint density at radius 3 is 3.13 bits per heavy atom. The molecule has 0 spiro atoms. The largest absolute Gasteiger partial charge is 0.468 e. The van der Waals surface area contributed by atoms with Crippen molar-refractivity contribution in [2.75, 3.05) is 13.2 Å². The van der Waals surface area contributed by atoms with Crippen LogP contribution in [0.2, 0.25) is 0 Å². The van der Waals surface area contributed by atoms with Crippen LogP contribution in [0.1, 0.15) is 24.2 Å². The van der Waals surface area contributed by atoms with Crippen molar-refractivity contribution in [2.45, 2.75) is 44.2 Å². The van der Waals surface area contributed by atoms with E-state index in [4.69, 9.17) is 13.9 Å². The molecule has 0 saturated carbocycles. The molecule has 4 rings (SSSR count). The van der Waals surface area contributed by atoms with E-state index < -0.39 is 0 Å². The van der Waals surface area contributed by atoms with Crippen LogP contribution >= 0.6 is 0 Å². The van der Waals surface area contributed by atoms with Crippen LogP contribution in [-0.4, -0.2) is 41.3 Å². The molecular weight excluding hydrogens is 292 g/mol. The molecule has 2 aliphatic rings. The Hall–Kier alpha value is -1.69. The van der Waals surface area contributed by atoms with Crippen LogP contribution in [0, 0.1) is 0 Å². The zero-order chi connectivity index (χ0) is 15.5. The first kappa shape index (κ1) is 14.9. The maximum absolute atomic E-state index is 6.17. The first-order valence-corrected chi connectivity index (χ1v) is 8.29. The SMILES string of the molecule is c1cncc(CO[C@@H]2CN(Cc3ccco3)[C@H]3CCCO[C@H]23)c1. The molecule has 2 aromatic rings. The van der Waals surface area contributed by atoms with Gasteiger partial charge in [-0.3, -0.25) is 9.88 Å². The lowest BCUT2D eigenvalue weighted by Gasteiger charge is -2.32. The average Bonchev–Trinajstić information content (AvgIpc) is 3.23. The lowest BCUT2D eigenvalue weighted by Crippen LogP contribution is -2.41. The summed E-state index contributed by atoms with van der Waals surface area (Å²) in [6.07, 6.45) is 7.92. The molecule has 5 heteroatoms. The van der Waals surface area contributed by atoms with Gasteiger partial charge in [0.15, 0.2) is 0 Å². The summed E-state index contributed by atoms with van der Waals surface area (Å²) in [5, 5.41) is 0. The van der Waals surface area contributed by atoms with E-state index in [0.717, 1.165) is 43.9 Å². The molecule has 2 saturated heterocycles. The normalized spacial score (nSPS) is 27.9. The highest BCUT2D eigenvalue weighted by molar-refractivity contribution is 5.08. The van der Waals surface area contributed by atoms with Crippen molar-refractivity contribution in [1.29, 1.82) is 0 Å². The van der Waals surface area contributed by atoms with Gasteiger partial charge >= 0.3 is 0 Å². The van der Waals surface area contributed by atoms with Gasteiger partial charge < -0.3 is 13.9 Å². The summed E-state index contributed by atoms with van der Waals surface area (Å²) < 4.78 is 17.7. The van der Waals surface area contributed by atoms with Crippen LogP contribution in [0.4, 0.5) is 0 Å². The Kier molecular flexibility index (Phi) is 4.41. The standard InChI is InChI=1S/C18H22N2O3/c1-4-14(10-19-7-1)13-23-17-12-20(11-15-5-2-8-21-15)16-6-3-9-22-18(16)17/h1-2,4-5,7-8,10,16-18H,3,6,9,11-13H2/t16-,17+,18-/m0/s1. The monoisotopic (exact) mass is 314 g/mol. The van der Waals surface area contributed by atoms with Gasteiger partial charge in [-0.05, 0) is 36.6 Å². The molecular formula is C18H22N2O3. The number of hydrogen-bond acceptors (Lipinski definition) is 5. The third-order valence-corrected chi connectivity index (χ3v) is 4.71. The second-order valence-electron chi connectivity index (χ2n) is 6.26. The zero-order valence-electron chi connectivity index (χ0n) is 13.1. The van der Waals surface area contributed by atoms with Gasteiger partial charge in [0.05, 0.1) is 25.5 Å². The molecule has 0 bridgehead atoms. The summed E-state index contributed by atoms with van der Waals surface area (Å²) in [5.74, 6) is 1.00. The summed E-state index contributed by atoms with van der Waals surface area (Å²) in [5.41, 5.74) is 1.10. The Labute approximate surface area is 136 Å². The van der Waals surface area contributed by atoms with Crippen molar-refractivity contribution < 1.29 is 13.9 Å². The van der Waals surface area contributed by atoms with Gasteiger partial charge in [-0.15, -0.1) is 0 Å². The molecule has 0 unspecified atom stereocenters. The van der Waals surface area contributed by atoms with Crippen LogP contribution < -0.4 is 0 Å². The Morgan fingerprint density at radius 1 is 1.30 bits per heavy atom. The molecule has 23 heavy (non-hydrogen) atoms. The minimum Gasteiger partial charge on any atom is -0.468 e. The quantitative estimate of drug-likeness (QED) is 0.849. The minimum absolute atomic E-state index is 0.107. The van der Waals surface area contributed by atoms with E-state index in [1.165, 1.54) is 0 Å². The maximum Gasteiger partial charge on any atom is 0.117 e. The number of aromatic nitrogens is 1. The summed E-state index contributed by atoms with van der Waals surface area (Å²) in [4.78, 5) is 6.58. The van der Waals surface area contributed by atoms with Gasteiger partial charge in [0.1, 0.15) is 11.9 Å². The molecule has 2 aliphatic heterocycles. The number of ether oxygens (including phenoxy) is 2. The number of nitrogens with zero attached hydrogens (tertiary/aromatic N) is 2. The molecule has 3 atom stereocenters. The van der Waals surface area contributed by atoms with Crippen LogP contribution in [0.25, 0.3) is 0 Å². The van der Waals surface area contributed by atoms with E-state index in [0.29, 0.717) is 12.6 Å². The number of hydrogen-bond donors (Lipinski definition) is 0. The molecule has 122 valence electrons. The van der Waals surface area contributed by atoms with Crippen LogP contribution in [0.5, 0.6) is 0 Å². The van der Waals surface area contributed by atoms with Gasteiger partial charge in [-0.25, -0.2) is 0 Å². The second-order valence-corrected chi connectivity index (χ2v) is 6.26. The molecule has 5 nitrogen and oxygen atoms in total. The maximum atomic E-state index is 6.17. The first-order chi connectivity index (χ1) is 11.4. The predicted octanol–water partition coefficient (Wildman–Crippen LogP) is 2.62. The second kappa shape index (κ2) is 6.83. The van der Waals surface area contributed by atoms with E-state index in [1.807, 2.05) is 30.5 Å². The number of likely N-dealkylation sites (tertiary alicyclic amines) is 1. The number of fused-ring (bicyclic) bond motifs is 1. The lowest BCUT2D eigenvalue weighted by atomic mass is 10.0. The molecule has 0 aliphatic carbocycles. The molecule has 0 radical (unpaired) electrons. The molecule has 0 amide bonds. The predicted molar refractivity (Wildman–Crippen MR) is 84.7 cm³/mol. The summed E-state index contributed by atoms with van der Waals surface area (Å²) >= 11 is 0. The lowest BCUT2D eigenvalue weighted by molar-refractivity contribution is -0.0820. The molecule has 0 aromatic carbocycles. The smallest absolute Gasteiger partial charge is 0.117 e. The van der Waals surface area contributed by atoms with E-state index in [2.05, 4.69) is 9.88 Å². The van der Waals surface area contributed by atoms with Gasteiger partial charge in [0.25, 0.3) is 0 Å². The van der Waals surface area contributed by atoms with Crippen molar-refractivity contribution >= 4 is 0 Å². The third-order valence-electron chi connectivity index (χ3n) is 4.71. The highest BCUT2D eigenvalue weighted by Gasteiger charge is 2.44. The highest BCUT2D eigenvalue weighted by atomic mass is 16.5. The summed E-state index contributed by atoms with van der Waals surface area (Å²) in [7, 11) is 0. The van der Waals surface area contributed by atoms with Gasteiger partial charge in [0, 0.05) is 31.6 Å². The van der Waals surface area contributed by atoms with Gasteiger partial charge in [-0.2, -0.15) is 0 Å². The number of rotatable bonds is 5. The molecule has 0 N–H and O–H groups in total. The van der Waals surface area contributed by atoms with Crippen molar-refractivity contribution in [1.82, 2.24) is 9.88 Å². The van der Waals surface area contributed by atoms with Gasteiger partial charge in [0.2, 0.25) is 0 Å². The number of pyridine rings is 1. The third kappa shape index (κ3) is 3.32. The first-order valence-electron chi connectivity index (χ1n) is 8.29. The Bertz CT molecular complexity index is 602. The van der Waals surface area contributed by atoms with Crippen LogP contribution in [-0.2, 0) is 22.6 Å². The van der Waals surface area contributed by atoms with Crippen LogP contribution in [0.15, 0.2) is 47.3 Å². The fourth-order valence-corrected chi connectivity index (χ4v) is 3.62. The number of furan rings is 1. The average molecular weight is 314 g/mol. The minimum atomic E-state index is 0.107. The summed E-state index contributed by atoms with van der Waals surface area (Å²) in [6.45, 7) is 3.13. The fraction of sp³-hybridized carbons (Fsp3) is 0.500. The summed E-state index contributed by atoms with van der Waals surface area (Å²) in [6, 6.07) is 8.38. The van der Waals surface area contributed by atoms with Crippen LogP contribution in [0.3, 0.4) is 0 Å². The molecule has 2 fully saturated rings. The Balaban J connectivity index is 1.42. The van der Waals surface area contributed by atoms with E-state index in [-0.39, 0.29) is 12.2 Å². The zero-order valence-corrected chi connectivity index (χ0v) is 13.1. The van der Waals surface area contributed by atoms with E-state index in [9.17, 15) is 0 Å². The Morgan fingerprint density at radius 2 is 2.30 bits per heavy atom. The molecule has 2 aromatic heterocycles. The van der Waals surface area contributed by atoms with Crippen molar-refractivity contribution in [3.05, 3.63) is 54.2 Å². The highest BCUT2D eigenvalue weighted by Crippen LogP contribution is 2.32. The van der Waals surface area contributed by atoms with Crippen molar-refractivity contribution in [2.24, 2.45) is 0 Å². The van der Waals surface area contributed by atoms with E-state index >= 15 is 0 Å². The topological polar surface area (TPSA) is 47.7 Å².